The Balaban J connectivity index is 1.77. The molecule has 1 amide bonds. The number of carbonyl (C=O) groups excluding carboxylic acids is 1. The fourth-order valence-electron chi connectivity index (χ4n) is 2.15. The first-order valence-electron chi connectivity index (χ1n) is 7.37. The Bertz CT molecular complexity index is 982. The van der Waals surface area contributed by atoms with E-state index in [0.29, 0.717) is 17.4 Å². The number of nitrogens with zero attached hydrogens (tertiary/aromatic N) is 1. The number of pyridine rings is 1. The van der Waals surface area contributed by atoms with Crippen molar-refractivity contribution < 1.29 is 18.0 Å². The fraction of sp³-hybridized carbons (Fsp3) is 0. The van der Waals surface area contributed by atoms with E-state index in [1.165, 1.54) is 30.5 Å². The van der Waals surface area contributed by atoms with Gasteiger partial charge in [-0.15, -0.1) is 0 Å². The molecule has 8 heteroatoms. The Labute approximate surface area is 151 Å². The molecule has 4 nitrogen and oxygen atoms in total. The third-order valence-electron chi connectivity index (χ3n) is 3.38. The van der Waals surface area contributed by atoms with E-state index in [2.05, 4.69) is 15.6 Å². The number of rotatable bonds is 4. The summed E-state index contributed by atoms with van der Waals surface area (Å²) in [5.41, 5.74) is 0.847. The standard InChI is InChI=1S/C18H11ClF3N3O/c19-13-8-11(2-3-14(13)21)24-12-5-6-23-17(9-12)18(26)25-16-4-1-10(20)7-15(16)22/h1-9H,(H,23,24)(H,25,26). The molecular weight excluding hydrogens is 367 g/mol. The van der Waals surface area contributed by atoms with Crippen LogP contribution in [0.5, 0.6) is 0 Å². The number of carbonyl (C=O) groups is 1. The smallest absolute Gasteiger partial charge is 0.274 e. The molecule has 0 fully saturated rings. The molecule has 2 aromatic carbocycles. The molecule has 1 heterocycles. The maximum atomic E-state index is 13.6. The van der Waals surface area contributed by atoms with Crippen LogP contribution >= 0.6 is 11.6 Å². The van der Waals surface area contributed by atoms with Crippen molar-refractivity contribution in [3.8, 4) is 0 Å². The molecule has 0 bridgehead atoms. The summed E-state index contributed by atoms with van der Waals surface area (Å²) in [6.07, 6.45) is 1.38. The number of hydrogen-bond donors (Lipinski definition) is 2. The lowest BCUT2D eigenvalue weighted by atomic mass is 10.2. The SMILES string of the molecule is O=C(Nc1ccc(F)cc1F)c1cc(Nc2ccc(F)c(Cl)c2)ccn1. The minimum absolute atomic E-state index is 0.00642. The lowest BCUT2D eigenvalue weighted by Crippen LogP contribution is -2.15. The Morgan fingerprint density at radius 1 is 0.923 bits per heavy atom. The van der Waals surface area contributed by atoms with E-state index in [1.807, 2.05) is 0 Å². The molecule has 26 heavy (non-hydrogen) atoms. The number of halogens is 4. The van der Waals surface area contributed by atoms with Gasteiger partial charge in [0.25, 0.3) is 5.91 Å². The molecule has 0 saturated heterocycles. The van der Waals surface area contributed by atoms with Crippen molar-refractivity contribution in [1.29, 1.82) is 0 Å². The highest BCUT2D eigenvalue weighted by Crippen LogP contribution is 2.23. The monoisotopic (exact) mass is 377 g/mol. The van der Waals surface area contributed by atoms with E-state index < -0.39 is 23.4 Å². The van der Waals surface area contributed by atoms with Gasteiger partial charge in [0.1, 0.15) is 23.1 Å². The van der Waals surface area contributed by atoms with Gasteiger partial charge in [-0.05, 0) is 42.5 Å². The van der Waals surface area contributed by atoms with Gasteiger partial charge in [0.2, 0.25) is 0 Å². The zero-order chi connectivity index (χ0) is 18.7. The first-order valence-corrected chi connectivity index (χ1v) is 7.75. The molecule has 0 saturated carbocycles. The average Bonchev–Trinajstić information content (AvgIpc) is 2.61. The number of aromatic nitrogens is 1. The second-order valence-electron chi connectivity index (χ2n) is 5.26. The lowest BCUT2D eigenvalue weighted by molar-refractivity contribution is 0.102. The van der Waals surface area contributed by atoms with Crippen LogP contribution < -0.4 is 10.6 Å². The molecule has 0 aliphatic heterocycles. The second-order valence-corrected chi connectivity index (χ2v) is 5.67. The highest BCUT2D eigenvalue weighted by atomic mass is 35.5. The van der Waals surface area contributed by atoms with Crippen LogP contribution in [0.1, 0.15) is 10.5 Å². The van der Waals surface area contributed by atoms with Gasteiger partial charge >= 0.3 is 0 Å². The van der Waals surface area contributed by atoms with E-state index in [4.69, 9.17) is 11.6 Å². The van der Waals surface area contributed by atoms with Gasteiger partial charge in [-0.2, -0.15) is 0 Å². The zero-order valence-electron chi connectivity index (χ0n) is 13.1. The third-order valence-corrected chi connectivity index (χ3v) is 3.67. The first kappa shape index (κ1) is 17.8. The molecule has 0 spiro atoms. The number of nitrogens with one attached hydrogen (secondary N) is 2. The van der Waals surface area contributed by atoms with Crippen LogP contribution in [0.2, 0.25) is 5.02 Å². The summed E-state index contributed by atoms with van der Waals surface area (Å²) < 4.78 is 39.7. The van der Waals surface area contributed by atoms with Crippen LogP contribution in [-0.2, 0) is 0 Å². The highest BCUT2D eigenvalue weighted by Gasteiger charge is 2.12. The van der Waals surface area contributed by atoms with Crippen LogP contribution in [0, 0.1) is 17.5 Å². The van der Waals surface area contributed by atoms with Crippen molar-refractivity contribution in [1.82, 2.24) is 4.98 Å². The van der Waals surface area contributed by atoms with Crippen LogP contribution in [0.3, 0.4) is 0 Å². The maximum Gasteiger partial charge on any atom is 0.274 e. The predicted octanol–water partition coefficient (Wildman–Crippen LogP) is 5.15. The summed E-state index contributed by atoms with van der Waals surface area (Å²) in [5.74, 6) is -2.86. The van der Waals surface area contributed by atoms with Crippen molar-refractivity contribution in [3.05, 3.63) is 82.9 Å². The van der Waals surface area contributed by atoms with Gasteiger partial charge in [-0.25, -0.2) is 13.2 Å². The Kier molecular flexibility index (Phi) is 5.09. The van der Waals surface area contributed by atoms with Crippen molar-refractivity contribution in [3.63, 3.8) is 0 Å². The Morgan fingerprint density at radius 2 is 1.69 bits per heavy atom. The van der Waals surface area contributed by atoms with E-state index in [-0.39, 0.29) is 16.4 Å². The van der Waals surface area contributed by atoms with Crippen molar-refractivity contribution >= 4 is 34.6 Å². The molecule has 132 valence electrons. The molecule has 2 N–H and O–H groups in total. The number of anilines is 3. The van der Waals surface area contributed by atoms with Crippen molar-refractivity contribution in [2.75, 3.05) is 10.6 Å². The van der Waals surface area contributed by atoms with Crippen molar-refractivity contribution in [2.45, 2.75) is 0 Å². The molecule has 0 aliphatic rings. The summed E-state index contributed by atoms with van der Waals surface area (Å²) in [6, 6.07) is 9.91. The van der Waals surface area contributed by atoms with Crippen LogP contribution in [0.25, 0.3) is 0 Å². The summed E-state index contributed by atoms with van der Waals surface area (Å²) >= 11 is 5.72. The molecule has 0 unspecified atom stereocenters. The average molecular weight is 378 g/mol. The third kappa shape index (κ3) is 4.12. The molecule has 0 aliphatic carbocycles. The Morgan fingerprint density at radius 3 is 2.42 bits per heavy atom. The van der Waals surface area contributed by atoms with Gasteiger partial charge in [0.15, 0.2) is 0 Å². The van der Waals surface area contributed by atoms with Crippen LogP contribution in [0.15, 0.2) is 54.7 Å². The van der Waals surface area contributed by atoms with Crippen LogP contribution in [0.4, 0.5) is 30.2 Å². The summed E-state index contributed by atoms with van der Waals surface area (Å²) in [6.45, 7) is 0. The molecule has 3 rings (SSSR count). The Hall–Kier alpha value is -3.06. The minimum Gasteiger partial charge on any atom is -0.355 e. The summed E-state index contributed by atoms with van der Waals surface area (Å²) in [5, 5.41) is 5.23. The van der Waals surface area contributed by atoms with Gasteiger partial charge in [-0.1, -0.05) is 11.6 Å². The van der Waals surface area contributed by atoms with Gasteiger partial charge in [-0.3, -0.25) is 9.78 Å². The highest BCUT2D eigenvalue weighted by molar-refractivity contribution is 6.31. The molecule has 0 radical (unpaired) electrons. The number of amides is 1. The number of hydrogen-bond acceptors (Lipinski definition) is 3. The topological polar surface area (TPSA) is 54.0 Å². The quantitative estimate of drug-likeness (QED) is 0.661. The summed E-state index contributed by atoms with van der Waals surface area (Å²) in [4.78, 5) is 16.1. The van der Waals surface area contributed by atoms with Crippen LogP contribution in [-0.4, -0.2) is 10.9 Å². The summed E-state index contributed by atoms with van der Waals surface area (Å²) in [7, 11) is 0. The largest absolute Gasteiger partial charge is 0.355 e. The maximum absolute atomic E-state index is 13.6. The van der Waals surface area contributed by atoms with E-state index in [0.717, 1.165) is 12.1 Å². The molecule has 1 aromatic heterocycles. The van der Waals surface area contributed by atoms with Gasteiger partial charge in [0.05, 0.1) is 10.7 Å². The minimum atomic E-state index is -0.895. The molecule has 0 atom stereocenters. The fourth-order valence-corrected chi connectivity index (χ4v) is 2.33. The lowest BCUT2D eigenvalue weighted by Gasteiger charge is -2.09. The molecular formula is C18H11ClF3N3O. The zero-order valence-corrected chi connectivity index (χ0v) is 13.8. The molecule has 3 aromatic rings. The van der Waals surface area contributed by atoms with E-state index in [1.54, 1.807) is 6.07 Å². The first-order chi connectivity index (χ1) is 12.4. The number of benzene rings is 2. The van der Waals surface area contributed by atoms with Gasteiger partial charge < -0.3 is 10.6 Å². The van der Waals surface area contributed by atoms with E-state index in [9.17, 15) is 18.0 Å². The van der Waals surface area contributed by atoms with Gasteiger partial charge in [0, 0.05) is 23.6 Å². The van der Waals surface area contributed by atoms with Crippen molar-refractivity contribution in [2.24, 2.45) is 0 Å². The van der Waals surface area contributed by atoms with E-state index >= 15 is 0 Å². The second kappa shape index (κ2) is 7.45. The predicted molar refractivity (Wildman–Crippen MR) is 93.2 cm³/mol. The normalized spacial score (nSPS) is 10.5.